The van der Waals surface area contributed by atoms with Crippen LogP contribution in [-0.2, 0) is 0 Å². The Morgan fingerprint density at radius 3 is 2.78 bits per heavy atom. The maximum atomic E-state index is 5.38. The van der Waals surface area contributed by atoms with E-state index in [9.17, 15) is 0 Å². The van der Waals surface area contributed by atoms with Crippen LogP contribution >= 0.6 is 11.3 Å². The Hall–Kier alpha value is -0.830. The monoisotopic (exact) mass is 140 g/mol. The Kier molecular flexibility index (Phi) is 1.53. The fraction of sp³-hybridized carbons (Fsp3) is 0.167. The maximum absolute atomic E-state index is 5.38. The lowest BCUT2D eigenvalue weighted by atomic mass is 10.3. The third-order valence-electron chi connectivity index (χ3n) is 0.944. The zero-order valence-electron chi connectivity index (χ0n) is 5.22. The molecule has 0 saturated carbocycles. The Labute approximate surface area is 58.0 Å². The van der Waals surface area contributed by atoms with Gasteiger partial charge in [0.1, 0.15) is 0 Å². The van der Waals surface area contributed by atoms with Gasteiger partial charge in [-0.05, 0) is 12.5 Å². The van der Waals surface area contributed by atoms with Gasteiger partial charge in [0.2, 0.25) is 0 Å². The van der Waals surface area contributed by atoms with Crippen molar-refractivity contribution < 1.29 is 0 Å². The molecule has 1 aromatic heterocycles. The molecule has 1 aromatic rings. The summed E-state index contributed by atoms with van der Waals surface area (Å²) in [6, 6.07) is 0. The Morgan fingerprint density at radius 1 is 1.89 bits per heavy atom. The van der Waals surface area contributed by atoms with E-state index in [4.69, 9.17) is 5.73 Å². The maximum Gasteiger partial charge on any atom is 0.180 e. The van der Waals surface area contributed by atoms with Gasteiger partial charge < -0.3 is 5.73 Å². The lowest BCUT2D eigenvalue weighted by Gasteiger charge is -1.85. The van der Waals surface area contributed by atoms with Crippen molar-refractivity contribution in [1.29, 1.82) is 0 Å². The number of allylic oxidation sites excluding steroid dienone is 1. The van der Waals surface area contributed by atoms with E-state index in [0.29, 0.717) is 5.13 Å². The van der Waals surface area contributed by atoms with Crippen LogP contribution in [0.5, 0.6) is 0 Å². The second-order valence-electron chi connectivity index (χ2n) is 1.84. The SMILES string of the molecule is C=C(C)c1cnc(N)s1. The van der Waals surface area contributed by atoms with Crippen LogP contribution in [0.15, 0.2) is 12.8 Å². The fourth-order valence-corrected chi connectivity index (χ4v) is 1.10. The number of nitrogens with zero attached hydrogens (tertiary/aromatic N) is 1. The summed E-state index contributed by atoms with van der Waals surface area (Å²) in [6.45, 7) is 5.69. The van der Waals surface area contributed by atoms with Crippen molar-refractivity contribution in [1.82, 2.24) is 4.98 Å². The van der Waals surface area contributed by atoms with Gasteiger partial charge in [-0.3, -0.25) is 0 Å². The molecule has 1 rings (SSSR count). The Bertz CT molecular complexity index is 227. The molecule has 0 aliphatic heterocycles. The van der Waals surface area contributed by atoms with Gasteiger partial charge >= 0.3 is 0 Å². The molecule has 2 nitrogen and oxygen atoms in total. The van der Waals surface area contributed by atoms with Crippen LogP contribution < -0.4 is 5.73 Å². The van der Waals surface area contributed by atoms with Crippen molar-refractivity contribution in [2.75, 3.05) is 5.73 Å². The molecule has 0 radical (unpaired) electrons. The minimum Gasteiger partial charge on any atom is -0.375 e. The highest BCUT2D eigenvalue weighted by Gasteiger charge is 1.96. The van der Waals surface area contributed by atoms with Crippen LogP contribution in [0.2, 0.25) is 0 Å². The molecule has 3 heteroatoms. The minimum absolute atomic E-state index is 0.605. The predicted molar refractivity (Wildman–Crippen MR) is 41.2 cm³/mol. The average Bonchev–Trinajstić information content (AvgIpc) is 2.14. The van der Waals surface area contributed by atoms with Crippen molar-refractivity contribution in [2.45, 2.75) is 6.92 Å². The van der Waals surface area contributed by atoms with E-state index in [0.717, 1.165) is 10.5 Å². The van der Waals surface area contributed by atoms with Gasteiger partial charge in [0.05, 0.1) is 4.88 Å². The summed E-state index contributed by atoms with van der Waals surface area (Å²) in [7, 11) is 0. The van der Waals surface area contributed by atoms with Gasteiger partial charge in [-0.25, -0.2) is 4.98 Å². The second kappa shape index (κ2) is 2.19. The standard InChI is InChI=1S/C6H8N2S/c1-4(2)5-3-8-6(7)9-5/h3H,1H2,2H3,(H2,7,8). The highest BCUT2D eigenvalue weighted by Crippen LogP contribution is 2.20. The first-order chi connectivity index (χ1) is 4.20. The highest BCUT2D eigenvalue weighted by atomic mass is 32.1. The van der Waals surface area contributed by atoms with Crippen molar-refractivity contribution in [2.24, 2.45) is 0 Å². The van der Waals surface area contributed by atoms with Crippen LogP contribution in [0, 0.1) is 0 Å². The zero-order valence-corrected chi connectivity index (χ0v) is 6.03. The number of nitrogen functional groups attached to an aromatic ring is 1. The first-order valence-electron chi connectivity index (χ1n) is 2.57. The number of anilines is 1. The third-order valence-corrected chi connectivity index (χ3v) is 1.93. The Morgan fingerprint density at radius 2 is 2.56 bits per heavy atom. The van der Waals surface area contributed by atoms with Crippen LogP contribution in [0.25, 0.3) is 5.57 Å². The normalized spacial score (nSPS) is 9.44. The van der Waals surface area contributed by atoms with Gasteiger partial charge in [-0.2, -0.15) is 0 Å². The summed E-state index contributed by atoms with van der Waals surface area (Å²) in [6.07, 6.45) is 1.74. The van der Waals surface area contributed by atoms with Crippen LogP contribution in [0.1, 0.15) is 11.8 Å². The molecule has 0 bridgehead atoms. The molecule has 0 aliphatic carbocycles. The molecule has 0 aromatic carbocycles. The van der Waals surface area contributed by atoms with Crippen LogP contribution in [-0.4, -0.2) is 4.98 Å². The van der Waals surface area contributed by atoms with Gasteiger partial charge in [-0.1, -0.05) is 17.9 Å². The summed E-state index contributed by atoms with van der Waals surface area (Å²) < 4.78 is 0. The molecule has 0 saturated heterocycles. The van der Waals surface area contributed by atoms with Crippen LogP contribution in [0.3, 0.4) is 0 Å². The highest BCUT2D eigenvalue weighted by molar-refractivity contribution is 7.16. The van der Waals surface area contributed by atoms with E-state index in [2.05, 4.69) is 11.6 Å². The van der Waals surface area contributed by atoms with Gasteiger partial charge in [0.25, 0.3) is 0 Å². The number of aromatic nitrogens is 1. The van der Waals surface area contributed by atoms with Gasteiger partial charge in [-0.15, -0.1) is 0 Å². The largest absolute Gasteiger partial charge is 0.375 e. The van der Waals surface area contributed by atoms with E-state index in [1.54, 1.807) is 6.20 Å². The summed E-state index contributed by atoms with van der Waals surface area (Å²) in [5, 5.41) is 0.605. The van der Waals surface area contributed by atoms with Gasteiger partial charge in [0.15, 0.2) is 5.13 Å². The first-order valence-corrected chi connectivity index (χ1v) is 3.39. The first kappa shape index (κ1) is 6.29. The molecule has 0 fully saturated rings. The predicted octanol–water partition coefficient (Wildman–Crippen LogP) is 1.76. The lowest BCUT2D eigenvalue weighted by molar-refractivity contribution is 1.41. The lowest BCUT2D eigenvalue weighted by Crippen LogP contribution is -1.77. The average molecular weight is 140 g/mol. The molecule has 1 heterocycles. The van der Waals surface area contributed by atoms with E-state index in [-0.39, 0.29) is 0 Å². The zero-order chi connectivity index (χ0) is 6.85. The number of rotatable bonds is 1. The summed E-state index contributed by atoms with van der Waals surface area (Å²) >= 11 is 1.46. The van der Waals surface area contributed by atoms with Crippen molar-refractivity contribution >= 4 is 22.0 Å². The van der Waals surface area contributed by atoms with E-state index < -0.39 is 0 Å². The molecule has 48 valence electrons. The minimum atomic E-state index is 0.605. The quantitative estimate of drug-likeness (QED) is 0.645. The summed E-state index contributed by atoms with van der Waals surface area (Å²) in [5.74, 6) is 0. The molecule has 0 spiro atoms. The smallest absolute Gasteiger partial charge is 0.180 e. The molecule has 0 unspecified atom stereocenters. The number of hydrogen-bond donors (Lipinski definition) is 1. The molecular weight excluding hydrogens is 132 g/mol. The van der Waals surface area contributed by atoms with E-state index in [1.807, 2.05) is 6.92 Å². The van der Waals surface area contributed by atoms with Gasteiger partial charge in [0, 0.05) is 6.20 Å². The van der Waals surface area contributed by atoms with Crippen molar-refractivity contribution in [3.8, 4) is 0 Å². The fourth-order valence-electron chi connectivity index (χ4n) is 0.485. The number of hydrogen-bond acceptors (Lipinski definition) is 3. The van der Waals surface area contributed by atoms with Crippen LogP contribution in [0.4, 0.5) is 5.13 Å². The molecule has 0 aliphatic rings. The second-order valence-corrected chi connectivity index (χ2v) is 2.91. The third kappa shape index (κ3) is 1.29. The molecule has 9 heavy (non-hydrogen) atoms. The summed E-state index contributed by atoms with van der Waals surface area (Å²) in [5.41, 5.74) is 6.40. The molecular formula is C6H8N2S. The molecule has 0 atom stereocenters. The molecule has 2 N–H and O–H groups in total. The van der Waals surface area contributed by atoms with E-state index in [1.165, 1.54) is 11.3 Å². The summed E-state index contributed by atoms with van der Waals surface area (Å²) in [4.78, 5) is 4.94. The molecule has 0 amide bonds. The Balaban J connectivity index is 2.98. The van der Waals surface area contributed by atoms with Crippen molar-refractivity contribution in [3.05, 3.63) is 17.7 Å². The topological polar surface area (TPSA) is 38.9 Å². The van der Waals surface area contributed by atoms with Crippen molar-refractivity contribution in [3.63, 3.8) is 0 Å². The number of thiazole rings is 1. The number of nitrogens with two attached hydrogens (primary N) is 1. The van der Waals surface area contributed by atoms with E-state index >= 15 is 0 Å².